The Morgan fingerprint density at radius 2 is 2.13 bits per heavy atom. The van der Waals surface area contributed by atoms with Crippen LogP contribution >= 0.6 is 0 Å². The van der Waals surface area contributed by atoms with E-state index in [0.717, 1.165) is 11.4 Å². The predicted molar refractivity (Wildman–Crippen MR) is 62.9 cm³/mol. The Hall–Kier alpha value is -1.26. The lowest BCUT2D eigenvalue weighted by Gasteiger charge is -2.14. The number of nitrogens with two attached hydrogens (primary N) is 1. The van der Waals surface area contributed by atoms with E-state index in [1.54, 1.807) is 7.11 Å². The number of hydrogen-bond donors (Lipinski definition) is 3. The molecule has 1 aromatic carbocycles. The summed E-state index contributed by atoms with van der Waals surface area (Å²) in [6, 6.07) is 6.02. The number of anilines is 1. The van der Waals surface area contributed by atoms with Crippen molar-refractivity contribution in [2.75, 3.05) is 19.1 Å². The van der Waals surface area contributed by atoms with Crippen LogP contribution in [0.5, 0.6) is 5.75 Å². The van der Waals surface area contributed by atoms with Gasteiger partial charge in [-0.1, -0.05) is 13.8 Å². The van der Waals surface area contributed by atoms with Crippen molar-refractivity contribution in [3.63, 3.8) is 0 Å². The minimum Gasteiger partial charge on any atom is -0.496 e. The summed E-state index contributed by atoms with van der Waals surface area (Å²) in [6.07, 6.45) is 0. The summed E-state index contributed by atoms with van der Waals surface area (Å²) >= 11 is 0. The Kier molecular flexibility index (Phi) is 4.39. The third kappa shape index (κ3) is 3.11. The van der Waals surface area contributed by atoms with Gasteiger partial charge in [0.15, 0.2) is 0 Å². The van der Waals surface area contributed by atoms with Crippen molar-refractivity contribution >= 4 is 5.69 Å². The van der Waals surface area contributed by atoms with Gasteiger partial charge in [0.25, 0.3) is 0 Å². The van der Waals surface area contributed by atoms with Crippen molar-refractivity contribution in [2.45, 2.75) is 19.8 Å². The zero-order chi connectivity index (χ0) is 11.3. The summed E-state index contributed by atoms with van der Waals surface area (Å²) < 4.78 is 5.30. The van der Waals surface area contributed by atoms with Crippen LogP contribution in [0.1, 0.15) is 25.3 Å². The maximum absolute atomic E-state index is 5.30. The number of nitrogens with one attached hydrogen (secondary N) is 2. The largest absolute Gasteiger partial charge is 0.496 e. The van der Waals surface area contributed by atoms with Gasteiger partial charge in [-0.2, -0.15) is 0 Å². The third-order valence-electron chi connectivity index (χ3n) is 2.25. The van der Waals surface area contributed by atoms with E-state index in [2.05, 4.69) is 30.7 Å². The molecule has 84 valence electrons. The van der Waals surface area contributed by atoms with E-state index in [1.807, 2.05) is 12.1 Å². The SMILES string of the molecule is COc1ccc(NCNN)cc1C(C)C. The predicted octanol–water partition coefficient (Wildman–Crippen LogP) is 1.65. The minimum atomic E-state index is 0.438. The summed E-state index contributed by atoms with van der Waals surface area (Å²) in [4.78, 5) is 0. The van der Waals surface area contributed by atoms with Crippen molar-refractivity contribution in [1.82, 2.24) is 5.43 Å². The molecule has 4 heteroatoms. The lowest BCUT2D eigenvalue weighted by atomic mass is 10.0. The van der Waals surface area contributed by atoms with Crippen LogP contribution in [0.3, 0.4) is 0 Å². The van der Waals surface area contributed by atoms with E-state index >= 15 is 0 Å². The maximum atomic E-state index is 5.30. The van der Waals surface area contributed by atoms with Crippen LogP contribution < -0.4 is 21.3 Å². The van der Waals surface area contributed by atoms with Gasteiger partial charge in [-0.25, -0.2) is 5.43 Å². The third-order valence-corrected chi connectivity index (χ3v) is 2.25. The second kappa shape index (κ2) is 5.58. The van der Waals surface area contributed by atoms with Crippen molar-refractivity contribution in [1.29, 1.82) is 0 Å². The zero-order valence-corrected chi connectivity index (χ0v) is 9.50. The fourth-order valence-corrected chi connectivity index (χ4v) is 1.45. The van der Waals surface area contributed by atoms with Gasteiger partial charge < -0.3 is 10.1 Å². The van der Waals surface area contributed by atoms with Crippen LogP contribution in [0.15, 0.2) is 18.2 Å². The van der Waals surface area contributed by atoms with Crippen LogP contribution in [0.2, 0.25) is 0 Å². The summed E-state index contributed by atoms with van der Waals surface area (Å²) in [6.45, 7) is 4.83. The molecule has 0 fully saturated rings. The maximum Gasteiger partial charge on any atom is 0.122 e. The van der Waals surface area contributed by atoms with Crippen LogP contribution in [-0.2, 0) is 0 Å². The van der Waals surface area contributed by atoms with E-state index in [9.17, 15) is 0 Å². The molecule has 0 aliphatic heterocycles. The van der Waals surface area contributed by atoms with E-state index in [-0.39, 0.29) is 0 Å². The quantitative estimate of drug-likeness (QED) is 0.392. The molecular formula is C11H19N3O. The monoisotopic (exact) mass is 209 g/mol. The van der Waals surface area contributed by atoms with Crippen LogP contribution in [-0.4, -0.2) is 13.8 Å². The fraction of sp³-hybridized carbons (Fsp3) is 0.455. The van der Waals surface area contributed by atoms with Gasteiger partial charge in [0.1, 0.15) is 5.75 Å². The highest BCUT2D eigenvalue weighted by Crippen LogP contribution is 2.28. The molecule has 0 unspecified atom stereocenters. The van der Waals surface area contributed by atoms with Crippen LogP contribution in [0.4, 0.5) is 5.69 Å². The number of ether oxygens (including phenoxy) is 1. The Morgan fingerprint density at radius 3 is 2.67 bits per heavy atom. The van der Waals surface area contributed by atoms with Crippen LogP contribution in [0.25, 0.3) is 0 Å². The molecule has 15 heavy (non-hydrogen) atoms. The van der Waals surface area contributed by atoms with Gasteiger partial charge in [-0.05, 0) is 29.7 Å². The topological polar surface area (TPSA) is 59.3 Å². The second-order valence-corrected chi connectivity index (χ2v) is 3.67. The summed E-state index contributed by atoms with van der Waals surface area (Å²) in [5, 5.41) is 3.15. The first-order valence-electron chi connectivity index (χ1n) is 5.04. The molecule has 0 saturated carbocycles. The molecule has 0 aliphatic carbocycles. The molecule has 0 aromatic heterocycles. The smallest absolute Gasteiger partial charge is 0.122 e. The average molecular weight is 209 g/mol. The first kappa shape index (κ1) is 11.8. The average Bonchev–Trinajstić information content (AvgIpc) is 2.25. The Bertz CT molecular complexity index is 313. The fourth-order valence-electron chi connectivity index (χ4n) is 1.45. The molecule has 0 heterocycles. The molecule has 0 radical (unpaired) electrons. The minimum absolute atomic E-state index is 0.438. The number of methoxy groups -OCH3 is 1. The highest BCUT2D eigenvalue weighted by atomic mass is 16.5. The summed E-state index contributed by atoms with van der Waals surface area (Å²) in [7, 11) is 1.69. The zero-order valence-electron chi connectivity index (χ0n) is 9.50. The molecule has 0 amide bonds. The highest BCUT2D eigenvalue weighted by Gasteiger charge is 2.07. The first-order chi connectivity index (χ1) is 7.19. The van der Waals surface area contributed by atoms with E-state index in [0.29, 0.717) is 12.6 Å². The lowest BCUT2D eigenvalue weighted by molar-refractivity contribution is 0.407. The van der Waals surface area contributed by atoms with E-state index in [1.165, 1.54) is 5.56 Å². The first-order valence-corrected chi connectivity index (χ1v) is 5.04. The molecule has 0 aliphatic rings. The molecule has 0 bridgehead atoms. The summed E-state index contributed by atoms with van der Waals surface area (Å²) in [5.41, 5.74) is 4.78. The number of benzene rings is 1. The van der Waals surface area contributed by atoms with Crippen molar-refractivity contribution < 1.29 is 4.74 Å². The molecule has 0 spiro atoms. The number of rotatable bonds is 5. The van der Waals surface area contributed by atoms with Gasteiger partial charge in [-0.15, -0.1) is 0 Å². The standard InChI is InChI=1S/C11H19N3O/c1-8(2)10-6-9(13-7-14-12)4-5-11(10)15-3/h4-6,8,13-14H,7,12H2,1-3H3. The molecule has 1 aromatic rings. The van der Waals surface area contributed by atoms with Gasteiger partial charge in [-0.3, -0.25) is 5.84 Å². The van der Waals surface area contributed by atoms with E-state index < -0.39 is 0 Å². The van der Waals surface area contributed by atoms with Crippen molar-refractivity contribution in [2.24, 2.45) is 5.84 Å². The molecule has 4 N–H and O–H groups in total. The van der Waals surface area contributed by atoms with Gasteiger partial charge >= 0.3 is 0 Å². The Morgan fingerprint density at radius 1 is 1.40 bits per heavy atom. The molecule has 4 nitrogen and oxygen atoms in total. The Balaban J connectivity index is 2.89. The molecular weight excluding hydrogens is 190 g/mol. The van der Waals surface area contributed by atoms with Crippen LogP contribution in [0, 0.1) is 0 Å². The summed E-state index contributed by atoms with van der Waals surface area (Å²) in [5.74, 6) is 6.56. The molecule has 1 rings (SSSR count). The highest BCUT2D eigenvalue weighted by molar-refractivity contribution is 5.52. The normalized spacial score (nSPS) is 10.5. The molecule has 0 atom stereocenters. The van der Waals surface area contributed by atoms with Crippen molar-refractivity contribution in [3.05, 3.63) is 23.8 Å². The van der Waals surface area contributed by atoms with Gasteiger partial charge in [0.2, 0.25) is 0 Å². The van der Waals surface area contributed by atoms with Gasteiger partial charge in [0.05, 0.1) is 13.8 Å². The molecule has 0 saturated heterocycles. The second-order valence-electron chi connectivity index (χ2n) is 3.67. The van der Waals surface area contributed by atoms with E-state index in [4.69, 9.17) is 10.6 Å². The van der Waals surface area contributed by atoms with Crippen molar-refractivity contribution in [3.8, 4) is 5.75 Å². The number of hydrazine groups is 1. The lowest BCUT2D eigenvalue weighted by Crippen LogP contribution is -2.28. The Labute approximate surface area is 90.8 Å². The van der Waals surface area contributed by atoms with Gasteiger partial charge in [0, 0.05) is 5.69 Å². The number of hydrogen-bond acceptors (Lipinski definition) is 4.